The molecule has 0 bridgehead atoms. The average Bonchev–Trinajstić information content (AvgIpc) is 2.90. The van der Waals surface area contributed by atoms with Crippen molar-refractivity contribution < 1.29 is 13.9 Å². The summed E-state index contributed by atoms with van der Waals surface area (Å²) < 4.78 is 18.5. The molecule has 106 valence electrons. The molecule has 0 radical (unpaired) electrons. The van der Waals surface area contributed by atoms with Crippen molar-refractivity contribution in [2.45, 2.75) is 0 Å². The molecule has 0 saturated heterocycles. The molecule has 1 amide bonds. The van der Waals surface area contributed by atoms with Gasteiger partial charge in [0.15, 0.2) is 0 Å². The van der Waals surface area contributed by atoms with E-state index in [-0.39, 0.29) is 11.7 Å². The Balaban J connectivity index is 1.96. The van der Waals surface area contributed by atoms with Crippen LogP contribution in [0.3, 0.4) is 0 Å². The maximum absolute atomic E-state index is 13.3. The quantitative estimate of drug-likeness (QED) is 0.772. The van der Waals surface area contributed by atoms with Crippen LogP contribution in [-0.4, -0.2) is 18.0 Å². The topological polar surface area (TPSA) is 54.1 Å². The van der Waals surface area contributed by atoms with Gasteiger partial charge in [-0.05, 0) is 30.3 Å². The fraction of sp³-hybridized carbons (Fsp3) is 0.0625. The zero-order valence-corrected chi connectivity index (χ0v) is 11.3. The van der Waals surface area contributed by atoms with Gasteiger partial charge in [-0.25, -0.2) is 4.39 Å². The van der Waals surface area contributed by atoms with Gasteiger partial charge in [0.1, 0.15) is 11.6 Å². The number of methoxy groups -OCH3 is 1. The fourth-order valence-corrected chi connectivity index (χ4v) is 2.22. The first-order chi connectivity index (χ1) is 10.2. The Morgan fingerprint density at radius 2 is 2.05 bits per heavy atom. The maximum Gasteiger partial charge on any atom is 0.257 e. The van der Waals surface area contributed by atoms with E-state index in [0.29, 0.717) is 27.9 Å². The standard InChI is InChI=1S/C16H13FN2O2/c1-21-15-5-3-2-4-14(15)19-16(20)12-9-18-13-7-6-10(17)8-11(12)13/h2-9,18H,1H3,(H,19,20). The molecular formula is C16H13FN2O2. The molecule has 0 aliphatic rings. The van der Waals surface area contributed by atoms with Gasteiger partial charge >= 0.3 is 0 Å². The zero-order valence-electron chi connectivity index (χ0n) is 11.3. The molecular weight excluding hydrogens is 271 g/mol. The second kappa shape index (κ2) is 5.28. The fourth-order valence-electron chi connectivity index (χ4n) is 2.22. The third-order valence-corrected chi connectivity index (χ3v) is 3.24. The molecule has 0 aliphatic carbocycles. The minimum Gasteiger partial charge on any atom is -0.495 e. The normalized spacial score (nSPS) is 10.6. The third kappa shape index (κ3) is 2.45. The van der Waals surface area contributed by atoms with Crippen molar-refractivity contribution in [3.63, 3.8) is 0 Å². The summed E-state index contributed by atoms with van der Waals surface area (Å²) in [6.45, 7) is 0. The van der Waals surface area contributed by atoms with E-state index >= 15 is 0 Å². The summed E-state index contributed by atoms with van der Waals surface area (Å²) >= 11 is 0. The lowest BCUT2D eigenvalue weighted by Gasteiger charge is -2.09. The highest BCUT2D eigenvalue weighted by Crippen LogP contribution is 2.25. The van der Waals surface area contributed by atoms with Gasteiger partial charge in [0.05, 0.1) is 18.4 Å². The maximum atomic E-state index is 13.3. The summed E-state index contributed by atoms with van der Waals surface area (Å²) in [6.07, 6.45) is 1.56. The van der Waals surface area contributed by atoms with Crippen LogP contribution >= 0.6 is 0 Å². The van der Waals surface area contributed by atoms with E-state index in [1.54, 1.807) is 30.5 Å². The first-order valence-electron chi connectivity index (χ1n) is 6.40. The van der Waals surface area contributed by atoms with E-state index in [4.69, 9.17) is 4.74 Å². The van der Waals surface area contributed by atoms with Crippen LogP contribution < -0.4 is 10.1 Å². The minimum absolute atomic E-state index is 0.323. The first kappa shape index (κ1) is 13.2. The van der Waals surface area contributed by atoms with Crippen molar-refractivity contribution in [1.82, 2.24) is 4.98 Å². The van der Waals surface area contributed by atoms with E-state index in [0.717, 1.165) is 0 Å². The van der Waals surface area contributed by atoms with Crippen LogP contribution in [0.1, 0.15) is 10.4 Å². The van der Waals surface area contributed by atoms with Crippen molar-refractivity contribution in [1.29, 1.82) is 0 Å². The second-order valence-electron chi connectivity index (χ2n) is 4.55. The number of hydrogen-bond acceptors (Lipinski definition) is 2. The van der Waals surface area contributed by atoms with E-state index in [1.807, 2.05) is 6.07 Å². The van der Waals surface area contributed by atoms with Crippen LogP contribution in [0.4, 0.5) is 10.1 Å². The predicted molar refractivity (Wildman–Crippen MR) is 79.2 cm³/mol. The SMILES string of the molecule is COc1ccccc1NC(=O)c1c[nH]c2ccc(F)cc12. The number of fused-ring (bicyclic) bond motifs is 1. The van der Waals surface area contributed by atoms with Crippen LogP contribution in [-0.2, 0) is 0 Å². The van der Waals surface area contributed by atoms with Gasteiger partial charge in [-0.2, -0.15) is 0 Å². The summed E-state index contributed by atoms with van der Waals surface area (Å²) in [7, 11) is 1.53. The Morgan fingerprint density at radius 1 is 1.24 bits per heavy atom. The van der Waals surface area contributed by atoms with Gasteiger partial charge < -0.3 is 15.0 Å². The highest BCUT2D eigenvalue weighted by atomic mass is 19.1. The molecule has 0 atom stereocenters. The Labute approximate surface area is 120 Å². The summed E-state index contributed by atoms with van der Waals surface area (Å²) in [4.78, 5) is 15.3. The van der Waals surface area contributed by atoms with Crippen molar-refractivity contribution in [3.05, 3.63) is 60.0 Å². The molecule has 3 rings (SSSR count). The average molecular weight is 284 g/mol. The second-order valence-corrected chi connectivity index (χ2v) is 4.55. The number of aromatic amines is 1. The number of hydrogen-bond donors (Lipinski definition) is 2. The number of amides is 1. The van der Waals surface area contributed by atoms with Crippen molar-refractivity contribution in [2.75, 3.05) is 12.4 Å². The molecule has 0 fully saturated rings. The number of anilines is 1. The van der Waals surface area contributed by atoms with Crippen LogP contribution in [0.5, 0.6) is 5.75 Å². The third-order valence-electron chi connectivity index (χ3n) is 3.24. The number of carbonyl (C=O) groups excluding carboxylic acids is 1. The summed E-state index contributed by atoms with van der Waals surface area (Å²) in [5.74, 6) is -0.137. The summed E-state index contributed by atoms with van der Waals surface area (Å²) in [5.41, 5.74) is 1.66. The minimum atomic E-state index is -0.381. The Bertz CT molecular complexity index is 811. The van der Waals surface area contributed by atoms with Crippen LogP contribution in [0.25, 0.3) is 10.9 Å². The molecule has 0 spiro atoms. The van der Waals surface area contributed by atoms with Gasteiger partial charge in [0.25, 0.3) is 5.91 Å². The molecule has 21 heavy (non-hydrogen) atoms. The number of carbonyl (C=O) groups is 1. The van der Waals surface area contributed by atoms with Crippen LogP contribution in [0, 0.1) is 5.82 Å². The summed E-state index contributed by atoms with van der Waals surface area (Å²) in [5, 5.41) is 3.31. The molecule has 2 aromatic carbocycles. The van der Waals surface area contributed by atoms with Crippen LogP contribution in [0.2, 0.25) is 0 Å². The smallest absolute Gasteiger partial charge is 0.257 e. The Kier molecular flexibility index (Phi) is 3.31. The zero-order chi connectivity index (χ0) is 14.8. The molecule has 1 aromatic heterocycles. The molecule has 0 unspecified atom stereocenters. The molecule has 0 saturated carbocycles. The largest absolute Gasteiger partial charge is 0.495 e. The highest BCUT2D eigenvalue weighted by molar-refractivity contribution is 6.13. The number of halogens is 1. The Morgan fingerprint density at radius 3 is 2.86 bits per heavy atom. The number of aromatic nitrogens is 1. The first-order valence-corrected chi connectivity index (χ1v) is 6.40. The van der Waals surface area contributed by atoms with E-state index in [9.17, 15) is 9.18 Å². The van der Waals surface area contributed by atoms with Gasteiger partial charge in [-0.3, -0.25) is 4.79 Å². The predicted octanol–water partition coefficient (Wildman–Crippen LogP) is 3.57. The van der Waals surface area contributed by atoms with Crippen molar-refractivity contribution >= 4 is 22.5 Å². The number of nitrogens with one attached hydrogen (secondary N) is 2. The van der Waals surface area contributed by atoms with Crippen molar-refractivity contribution in [3.8, 4) is 5.75 Å². The van der Waals surface area contributed by atoms with E-state index in [1.165, 1.54) is 19.2 Å². The molecule has 0 aliphatic heterocycles. The number of H-pyrrole nitrogens is 1. The highest BCUT2D eigenvalue weighted by Gasteiger charge is 2.14. The van der Waals surface area contributed by atoms with Gasteiger partial charge in [-0.1, -0.05) is 12.1 Å². The van der Waals surface area contributed by atoms with Gasteiger partial charge in [-0.15, -0.1) is 0 Å². The number of benzene rings is 2. The molecule has 3 aromatic rings. The lowest BCUT2D eigenvalue weighted by Crippen LogP contribution is -2.12. The molecule has 2 N–H and O–H groups in total. The lowest BCUT2D eigenvalue weighted by atomic mass is 10.1. The van der Waals surface area contributed by atoms with Crippen molar-refractivity contribution in [2.24, 2.45) is 0 Å². The monoisotopic (exact) mass is 284 g/mol. The van der Waals surface area contributed by atoms with Crippen LogP contribution in [0.15, 0.2) is 48.7 Å². The molecule has 4 nitrogen and oxygen atoms in total. The Hall–Kier alpha value is -2.82. The summed E-state index contributed by atoms with van der Waals surface area (Å²) in [6, 6.07) is 11.4. The number of ether oxygens (including phenoxy) is 1. The van der Waals surface area contributed by atoms with Gasteiger partial charge in [0, 0.05) is 17.1 Å². The number of rotatable bonds is 3. The molecule has 1 heterocycles. The number of para-hydroxylation sites is 2. The van der Waals surface area contributed by atoms with Gasteiger partial charge in [0.2, 0.25) is 0 Å². The van der Waals surface area contributed by atoms with E-state index in [2.05, 4.69) is 10.3 Å². The lowest BCUT2D eigenvalue weighted by molar-refractivity contribution is 0.102. The molecule has 5 heteroatoms. The van der Waals surface area contributed by atoms with E-state index < -0.39 is 0 Å².